The van der Waals surface area contributed by atoms with Crippen molar-refractivity contribution in [3.8, 4) is 11.3 Å². The van der Waals surface area contributed by atoms with E-state index in [9.17, 15) is 19.7 Å². The number of nitro groups is 1. The number of ether oxygens (including phenoxy) is 1. The van der Waals surface area contributed by atoms with Crippen molar-refractivity contribution in [2.75, 3.05) is 6.61 Å². The summed E-state index contributed by atoms with van der Waals surface area (Å²) in [6.07, 6.45) is 1.43. The lowest BCUT2D eigenvalue weighted by atomic mass is 10.1. The minimum Gasteiger partial charge on any atom is -0.462 e. The fraction of sp³-hybridized carbons (Fsp3) is 0.0870. The normalized spacial score (nSPS) is 10.7. The van der Waals surface area contributed by atoms with Crippen molar-refractivity contribution in [3.63, 3.8) is 0 Å². The molecule has 0 spiro atoms. The lowest BCUT2D eigenvalue weighted by Gasteiger charge is -2.06. The smallest absolute Gasteiger partial charge is 0.340 e. The zero-order valence-electron chi connectivity index (χ0n) is 16.5. The number of fused-ring (bicyclic) bond motifs is 1. The molecule has 2 aromatic carbocycles. The van der Waals surface area contributed by atoms with Gasteiger partial charge in [-0.25, -0.2) is 9.78 Å². The molecule has 0 aliphatic heterocycles. The average molecular weight is 415 g/mol. The number of ketones is 1. The second-order valence-electron chi connectivity index (χ2n) is 6.66. The number of rotatable bonds is 6. The molecule has 4 aromatic rings. The van der Waals surface area contributed by atoms with E-state index >= 15 is 0 Å². The van der Waals surface area contributed by atoms with Crippen LogP contribution in [0.15, 0.2) is 73.1 Å². The molecule has 31 heavy (non-hydrogen) atoms. The van der Waals surface area contributed by atoms with Crippen LogP contribution in [0.1, 0.15) is 33.3 Å². The topological polar surface area (TPSA) is 104 Å². The first-order chi connectivity index (χ1) is 15.0. The predicted molar refractivity (Wildman–Crippen MR) is 113 cm³/mol. The predicted octanol–water partition coefficient (Wildman–Crippen LogP) is 4.32. The number of esters is 1. The quantitative estimate of drug-likeness (QED) is 0.201. The van der Waals surface area contributed by atoms with E-state index in [1.165, 1.54) is 35.0 Å². The second-order valence-corrected chi connectivity index (χ2v) is 6.66. The zero-order chi connectivity index (χ0) is 22.0. The van der Waals surface area contributed by atoms with E-state index in [-0.39, 0.29) is 29.1 Å². The first kappa shape index (κ1) is 20.0. The number of para-hydroxylation sites is 1. The number of nitrogens with zero attached hydrogens (tertiary/aromatic N) is 3. The van der Waals surface area contributed by atoms with E-state index in [1.54, 1.807) is 19.1 Å². The maximum Gasteiger partial charge on any atom is 0.340 e. The number of hydrogen-bond acceptors (Lipinski definition) is 6. The zero-order valence-corrected chi connectivity index (χ0v) is 16.5. The number of nitro benzene ring substituents is 1. The molecule has 8 nitrogen and oxygen atoms in total. The van der Waals surface area contributed by atoms with Crippen molar-refractivity contribution in [2.45, 2.75) is 6.92 Å². The standard InChI is InChI=1S/C23H17N3O5/c1-2-31-23(28)17-12-21(22(27)16-10-6-7-11-19(16)26(29)30)25-14-24-18(13-20(17)25)15-8-4-3-5-9-15/h3-14H,2H2,1H3. The van der Waals surface area contributed by atoms with E-state index in [0.717, 1.165) is 5.56 Å². The summed E-state index contributed by atoms with van der Waals surface area (Å²) >= 11 is 0. The summed E-state index contributed by atoms with van der Waals surface area (Å²) in [5, 5.41) is 11.4. The Morgan fingerprint density at radius 3 is 2.45 bits per heavy atom. The van der Waals surface area contributed by atoms with Crippen LogP contribution < -0.4 is 0 Å². The average Bonchev–Trinajstić information content (AvgIpc) is 3.18. The van der Waals surface area contributed by atoms with Crippen molar-refractivity contribution < 1.29 is 19.2 Å². The van der Waals surface area contributed by atoms with Gasteiger partial charge < -0.3 is 4.74 Å². The van der Waals surface area contributed by atoms with E-state index in [1.807, 2.05) is 30.3 Å². The fourth-order valence-corrected chi connectivity index (χ4v) is 3.38. The Morgan fingerprint density at radius 1 is 1.03 bits per heavy atom. The van der Waals surface area contributed by atoms with Crippen LogP contribution in [-0.4, -0.2) is 32.7 Å². The minimum absolute atomic E-state index is 0.0746. The van der Waals surface area contributed by atoms with Gasteiger partial charge in [0.25, 0.3) is 5.69 Å². The van der Waals surface area contributed by atoms with Gasteiger partial charge >= 0.3 is 5.97 Å². The number of aromatic nitrogens is 2. The highest BCUT2D eigenvalue weighted by atomic mass is 16.6. The highest BCUT2D eigenvalue weighted by molar-refractivity contribution is 6.13. The van der Waals surface area contributed by atoms with Crippen LogP contribution in [0.25, 0.3) is 16.8 Å². The highest BCUT2D eigenvalue weighted by Crippen LogP contribution is 2.27. The maximum atomic E-state index is 13.2. The van der Waals surface area contributed by atoms with Gasteiger partial charge in [-0.15, -0.1) is 0 Å². The molecule has 2 heterocycles. The molecule has 0 fully saturated rings. The molecule has 0 N–H and O–H groups in total. The van der Waals surface area contributed by atoms with Crippen LogP contribution in [0.3, 0.4) is 0 Å². The molecule has 0 bridgehead atoms. The van der Waals surface area contributed by atoms with Crippen molar-refractivity contribution >= 4 is 23.0 Å². The second kappa shape index (κ2) is 8.19. The van der Waals surface area contributed by atoms with E-state index < -0.39 is 16.7 Å². The van der Waals surface area contributed by atoms with Gasteiger partial charge in [0.15, 0.2) is 0 Å². The molecule has 0 aliphatic carbocycles. The van der Waals surface area contributed by atoms with Gasteiger partial charge in [-0.3, -0.25) is 19.3 Å². The molecule has 2 aromatic heterocycles. The van der Waals surface area contributed by atoms with Crippen molar-refractivity contribution in [1.82, 2.24) is 9.38 Å². The lowest BCUT2D eigenvalue weighted by Crippen LogP contribution is -2.08. The SMILES string of the molecule is CCOC(=O)c1cc(C(=O)c2ccccc2[N+](=O)[O-])n2cnc(-c3ccccc3)cc12. The Kier molecular flexibility index (Phi) is 5.28. The number of benzene rings is 2. The van der Waals surface area contributed by atoms with Crippen molar-refractivity contribution in [1.29, 1.82) is 0 Å². The first-order valence-corrected chi connectivity index (χ1v) is 9.53. The summed E-state index contributed by atoms with van der Waals surface area (Å²) in [6.45, 7) is 1.85. The molecule has 0 aliphatic rings. The van der Waals surface area contributed by atoms with Gasteiger partial charge in [0.05, 0.1) is 34.0 Å². The summed E-state index contributed by atoms with van der Waals surface area (Å²) in [5.74, 6) is -1.18. The van der Waals surface area contributed by atoms with Crippen LogP contribution >= 0.6 is 0 Å². The van der Waals surface area contributed by atoms with E-state index in [0.29, 0.717) is 11.2 Å². The largest absolute Gasteiger partial charge is 0.462 e. The summed E-state index contributed by atoms with van der Waals surface area (Å²) in [4.78, 5) is 41.0. The Labute approximate surface area is 176 Å². The van der Waals surface area contributed by atoms with Gasteiger partial charge in [-0.1, -0.05) is 42.5 Å². The third-order valence-electron chi connectivity index (χ3n) is 4.80. The molecule has 4 rings (SSSR count). The lowest BCUT2D eigenvalue weighted by molar-refractivity contribution is -0.385. The van der Waals surface area contributed by atoms with Gasteiger partial charge in [0, 0.05) is 11.6 Å². The number of carbonyl (C=O) groups excluding carboxylic acids is 2. The third-order valence-corrected chi connectivity index (χ3v) is 4.80. The third kappa shape index (κ3) is 3.66. The molecule has 0 amide bonds. The van der Waals surface area contributed by atoms with Crippen molar-refractivity contribution in [2.24, 2.45) is 0 Å². The fourth-order valence-electron chi connectivity index (χ4n) is 3.38. The Morgan fingerprint density at radius 2 is 1.74 bits per heavy atom. The summed E-state index contributed by atoms with van der Waals surface area (Å²) in [6, 6.07) is 18.2. The van der Waals surface area contributed by atoms with Crippen LogP contribution in [0, 0.1) is 10.1 Å². The Balaban J connectivity index is 1.91. The van der Waals surface area contributed by atoms with Crippen LogP contribution in [0.4, 0.5) is 5.69 Å². The molecule has 0 atom stereocenters. The molecule has 8 heteroatoms. The van der Waals surface area contributed by atoms with E-state index in [4.69, 9.17) is 4.74 Å². The van der Waals surface area contributed by atoms with Gasteiger partial charge in [-0.05, 0) is 25.1 Å². The Bertz CT molecular complexity index is 1310. The van der Waals surface area contributed by atoms with Gasteiger partial charge in [-0.2, -0.15) is 0 Å². The first-order valence-electron chi connectivity index (χ1n) is 9.53. The van der Waals surface area contributed by atoms with Crippen LogP contribution in [0.5, 0.6) is 0 Å². The molecule has 154 valence electrons. The highest BCUT2D eigenvalue weighted by Gasteiger charge is 2.26. The summed E-state index contributed by atoms with van der Waals surface area (Å²) < 4.78 is 6.61. The molecule has 0 unspecified atom stereocenters. The van der Waals surface area contributed by atoms with Crippen LogP contribution in [-0.2, 0) is 4.74 Å². The molecule has 0 saturated heterocycles. The number of carbonyl (C=O) groups is 2. The monoisotopic (exact) mass is 415 g/mol. The number of hydrogen-bond donors (Lipinski definition) is 0. The molecule has 0 saturated carbocycles. The molecule has 0 radical (unpaired) electrons. The Hall–Kier alpha value is -4.33. The maximum absolute atomic E-state index is 13.2. The summed E-state index contributed by atoms with van der Waals surface area (Å²) in [5.41, 5.74) is 1.76. The summed E-state index contributed by atoms with van der Waals surface area (Å²) in [7, 11) is 0. The van der Waals surface area contributed by atoms with Crippen LogP contribution in [0.2, 0.25) is 0 Å². The van der Waals surface area contributed by atoms with Crippen molar-refractivity contribution in [3.05, 3.63) is 100.0 Å². The minimum atomic E-state index is -0.610. The van der Waals surface area contributed by atoms with E-state index in [2.05, 4.69) is 4.98 Å². The molecular formula is C23H17N3O5. The van der Waals surface area contributed by atoms with Gasteiger partial charge in [0.1, 0.15) is 11.9 Å². The molecular weight excluding hydrogens is 398 g/mol. The van der Waals surface area contributed by atoms with Gasteiger partial charge in [0.2, 0.25) is 5.78 Å².